The van der Waals surface area contributed by atoms with Crippen molar-refractivity contribution in [2.24, 2.45) is 0 Å². The van der Waals surface area contributed by atoms with Gasteiger partial charge in [-0.1, -0.05) is 36.4 Å². The Morgan fingerprint density at radius 1 is 1.21 bits per heavy atom. The predicted octanol–water partition coefficient (Wildman–Crippen LogP) is 2.10. The maximum Gasteiger partial charge on any atom is 0.322 e. The van der Waals surface area contributed by atoms with E-state index in [9.17, 15) is 14.7 Å². The van der Waals surface area contributed by atoms with Crippen LogP contribution in [-0.2, 0) is 4.74 Å². The molecule has 7 nitrogen and oxygen atoms in total. The number of rotatable bonds is 4. The van der Waals surface area contributed by atoms with Crippen LogP contribution in [0.25, 0.3) is 0 Å². The fourth-order valence-corrected chi connectivity index (χ4v) is 4.06. The Bertz CT molecular complexity index is 902. The summed E-state index contributed by atoms with van der Waals surface area (Å²) in [6.07, 6.45) is -0.482. The van der Waals surface area contributed by atoms with Gasteiger partial charge in [0.05, 0.1) is 19.3 Å². The van der Waals surface area contributed by atoms with E-state index in [1.54, 1.807) is 21.9 Å². The molecule has 2 fully saturated rings. The number of benzene rings is 2. The van der Waals surface area contributed by atoms with E-state index in [0.29, 0.717) is 31.8 Å². The first-order valence-corrected chi connectivity index (χ1v) is 9.84. The molecule has 0 radical (unpaired) electrons. The SMILES string of the molecule is Cc1ccc(C(=O)N2CCO[C@@H](CO)[C@@H]2c2ccccc2)cc1N1CCNC1=O. The van der Waals surface area contributed by atoms with Crippen LogP contribution in [0, 0.1) is 6.92 Å². The highest BCUT2D eigenvalue weighted by molar-refractivity contribution is 5.99. The molecule has 29 heavy (non-hydrogen) atoms. The average molecular weight is 395 g/mol. The third-order valence-electron chi connectivity index (χ3n) is 5.54. The van der Waals surface area contributed by atoms with E-state index >= 15 is 0 Å². The molecule has 0 aromatic heterocycles. The van der Waals surface area contributed by atoms with E-state index in [1.165, 1.54) is 0 Å². The van der Waals surface area contributed by atoms with E-state index in [2.05, 4.69) is 5.32 Å². The number of hydrogen-bond acceptors (Lipinski definition) is 4. The molecule has 2 heterocycles. The third kappa shape index (κ3) is 3.71. The fraction of sp³-hybridized carbons (Fsp3) is 0.364. The molecule has 0 unspecified atom stereocenters. The zero-order valence-corrected chi connectivity index (χ0v) is 16.4. The Kier molecular flexibility index (Phi) is 5.51. The number of morpholine rings is 1. The van der Waals surface area contributed by atoms with Gasteiger partial charge in [-0.2, -0.15) is 0 Å². The van der Waals surface area contributed by atoms with Gasteiger partial charge in [0.25, 0.3) is 5.91 Å². The molecule has 2 aliphatic rings. The first kappa shape index (κ1) is 19.4. The quantitative estimate of drug-likeness (QED) is 0.831. The highest BCUT2D eigenvalue weighted by Gasteiger charge is 2.36. The van der Waals surface area contributed by atoms with Gasteiger partial charge >= 0.3 is 6.03 Å². The van der Waals surface area contributed by atoms with Gasteiger partial charge in [0, 0.05) is 30.9 Å². The molecule has 0 bridgehead atoms. The summed E-state index contributed by atoms with van der Waals surface area (Å²) in [5, 5.41) is 12.6. The van der Waals surface area contributed by atoms with Crippen LogP contribution in [0.4, 0.5) is 10.5 Å². The lowest BCUT2D eigenvalue weighted by Crippen LogP contribution is -2.49. The van der Waals surface area contributed by atoms with Crippen molar-refractivity contribution >= 4 is 17.6 Å². The Labute approximate surface area is 169 Å². The molecule has 2 saturated heterocycles. The van der Waals surface area contributed by atoms with Crippen molar-refractivity contribution in [3.8, 4) is 0 Å². The third-order valence-corrected chi connectivity index (χ3v) is 5.54. The van der Waals surface area contributed by atoms with Crippen molar-refractivity contribution in [2.45, 2.75) is 19.1 Å². The molecule has 2 atom stereocenters. The Hall–Kier alpha value is -2.90. The van der Waals surface area contributed by atoms with E-state index in [-0.39, 0.29) is 24.6 Å². The topological polar surface area (TPSA) is 82.1 Å². The number of urea groups is 1. The summed E-state index contributed by atoms with van der Waals surface area (Å²) in [5.41, 5.74) is 3.12. The standard InChI is InChI=1S/C22H25N3O4/c1-15-7-8-17(13-18(15)24-10-9-23-22(24)28)21(27)25-11-12-29-19(14-26)20(25)16-5-3-2-4-6-16/h2-8,13,19-20,26H,9-12,14H2,1H3,(H,23,28)/t19-,20-/m0/s1. The van der Waals surface area contributed by atoms with Crippen molar-refractivity contribution in [2.75, 3.05) is 37.7 Å². The molecular weight excluding hydrogens is 370 g/mol. The number of carbonyl (C=O) groups is 2. The lowest BCUT2D eigenvalue weighted by molar-refractivity contribution is -0.0811. The van der Waals surface area contributed by atoms with Gasteiger partial charge in [-0.25, -0.2) is 4.79 Å². The van der Waals surface area contributed by atoms with E-state index in [4.69, 9.17) is 4.74 Å². The monoisotopic (exact) mass is 395 g/mol. The molecule has 0 spiro atoms. The normalized spacial score (nSPS) is 21.9. The van der Waals surface area contributed by atoms with Crippen LogP contribution in [0.1, 0.15) is 27.5 Å². The number of anilines is 1. The molecule has 2 aromatic carbocycles. The first-order chi connectivity index (χ1) is 14.1. The highest BCUT2D eigenvalue weighted by atomic mass is 16.5. The zero-order chi connectivity index (χ0) is 20.4. The molecular formula is C22H25N3O4. The van der Waals surface area contributed by atoms with Crippen LogP contribution in [-0.4, -0.2) is 60.9 Å². The van der Waals surface area contributed by atoms with Crippen LogP contribution in [0.5, 0.6) is 0 Å². The van der Waals surface area contributed by atoms with Crippen LogP contribution < -0.4 is 10.2 Å². The largest absolute Gasteiger partial charge is 0.394 e. The maximum absolute atomic E-state index is 13.5. The summed E-state index contributed by atoms with van der Waals surface area (Å²) in [7, 11) is 0. The predicted molar refractivity (Wildman–Crippen MR) is 109 cm³/mol. The number of aryl methyl sites for hydroxylation is 1. The van der Waals surface area contributed by atoms with E-state index < -0.39 is 6.10 Å². The number of aliphatic hydroxyl groups is 1. The lowest BCUT2D eigenvalue weighted by atomic mass is 9.97. The minimum Gasteiger partial charge on any atom is -0.394 e. The molecule has 2 N–H and O–H groups in total. The molecule has 2 aliphatic heterocycles. The Balaban J connectivity index is 1.68. The van der Waals surface area contributed by atoms with Gasteiger partial charge < -0.3 is 20.1 Å². The minimum absolute atomic E-state index is 0.138. The number of ether oxygens (including phenoxy) is 1. The van der Waals surface area contributed by atoms with Crippen LogP contribution in [0.2, 0.25) is 0 Å². The number of amides is 3. The molecule has 0 aliphatic carbocycles. The van der Waals surface area contributed by atoms with Gasteiger partial charge in [-0.3, -0.25) is 9.69 Å². The molecule has 152 valence electrons. The second-order valence-electron chi connectivity index (χ2n) is 7.33. The summed E-state index contributed by atoms with van der Waals surface area (Å²) in [6.45, 7) is 3.73. The van der Waals surface area contributed by atoms with Gasteiger partial charge in [-0.15, -0.1) is 0 Å². The Morgan fingerprint density at radius 3 is 2.69 bits per heavy atom. The molecule has 2 aromatic rings. The van der Waals surface area contributed by atoms with Crippen molar-refractivity contribution in [3.63, 3.8) is 0 Å². The van der Waals surface area contributed by atoms with Gasteiger partial charge in [0.1, 0.15) is 6.10 Å². The zero-order valence-electron chi connectivity index (χ0n) is 16.4. The molecule has 3 amide bonds. The molecule has 7 heteroatoms. The summed E-state index contributed by atoms with van der Waals surface area (Å²) < 4.78 is 5.74. The summed E-state index contributed by atoms with van der Waals surface area (Å²) in [4.78, 5) is 29.0. The van der Waals surface area contributed by atoms with E-state index in [0.717, 1.165) is 16.8 Å². The van der Waals surface area contributed by atoms with Gasteiger partial charge in [0.2, 0.25) is 0 Å². The van der Waals surface area contributed by atoms with Crippen LogP contribution >= 0.6 is 0 Å². The van der Waals surface area contributed by atoms with Crippen molar-refractivity contribution < 1.29 is 19.4 Å². The van der Waals surface area contributed by atoms with Crippen molar-refractivity contribution in [3.05, 3.63) is 65.2 Å². The highest BCUT2D eigenvalue weighted by Crippen LogP contribution is 2.32. The average Bonchev–Trinajstić information content (AvgIpc) is 3.19. The maximum atomic E-state index is 13.5. The second kappa shape index (κ2) is 8.23. The van der Waals surface area contributed by atoms with Crippen LogP contribution in [0.15, 0.2) is 48.5 Å². The smallest absolute Gasteiger partial charge is 0.322 e. The number of carbonyl (C=O) groups excluding carboxylic acids is 2. The summed E-state index contributed by atoms with van der Waals surface area (Å²) in [6, 6.07) is 14.6. The lowest BCUT2D eigenvalue weighted by Gasteiger charge is -2.41. The van der Waals surface area contributed by atoms with Gasteiger partial charge in [0.15, 0.2) is 0 Å². The van der Waals surface area contributed by atoms with E-state index in [1.807, 2.05) is 43.3 Å². The van der Waals surface area contributed by atoms with Gasteiger partial charge in [-0.05, 0) is 30.2 Å². The van der Waals surface area contributed by atoms with Crippen molar-refractivity contribution in [1.82, 2.24) is 10.2 Å². The molecule has 0 saturated carbocycles. The summed E-state index contributed by atoms with van der Waals surface area (Å²) in [5.74, 6) is -0.138. The second-order valence-corrected chi connectivity index (χ2v) is 7.33. The number of nitrogens with one attached hydrogen (secondary N) is 1. The number of nitrogens with zero attached hydrogens (tertiary/aromatic N) is 2. The minimum atomic E-state index is -0.482. The number of hydrogen-bond donors (Lipinski definition) is 2. The van der Waals surface area contributed by atoms with Crippen LogP contribution in [0.3, 0.4) is 0 Å². The Morgan fingerprint density at radius 2 is 2.00 bits per heavy atom. The fourth-order valence-electron chi connectivity index (χ4n) is 4.06. The molecule has 4 rings (SSSR count). The summed E-state index contributed by atoms with van der Waals surface area (Å²) >= 11 is 0. The first-order valence-electron chi connectivity index (χ1n) is 9.84. The number of aliphatic hydroxyl groups excluding tert-OH is 1. The van der Waals surface area contributed by atoms with Crippen molar-refractivity contribution in [1.29, 1.82) is 0 Å².